The molecule has 3 aromatic carbocycles. The van der Waals surface area contributed by atoms with Crippen LogP contribution in [0, 0.1) is 0 Å². The molecule has 0 radical (unpaired) electrons. The minimum absolute atomic E-state index is 0.113. The molecule has 0 saturated carbocycles. The molecule has 24 heavy (non-hydrogen) atoms. The Morgan fingerprint density at radius 3 is 2.42 bits per heavy atom. The highest BCUT2D eigenvalue weighted by molar-refractivity contribution is 5.90. The van der Waals surface area contributed by atoms with Crippen LogP contribution < -0.4 is 4.74 Å². The average Bonchev–Trinajstić information content (AvgIpc) is 2.62. The molecule has 0 heterocycles. The summed E-state index contributed by atoms with van der Waals surface area (Å²) in [5.74, 6) is 0.936. The average molecular weight is 319 g/mol. The van der Waals surface area contributed by atoms with Crippen molar-refractivity contribution in [2.45, 2.75) is 13.0 Å². The van der Waals surface area contributed by atoms with Gasteiger partial charge in [0.1, 0.15) is 5.75 Å². The molecule has 0 fully saturated rings. The number of carbonyl (C=O) groups excluding carboxylic acids is 1. The van der Waals surface area contributed by atoms with Crippen LogP contribution in [-0.2, 0) is 17.8 Å². The van der Waals surface area contributed by atoms with Crippen LogP contribution in [0.1, 0.15) is 11.1 Å². The van der Waals surface area contributed by atoms with E-state index in [1.54, 1.807) is 12.0 Å². The number of nitrogens with zero attached hydrogens (tertiary/aromatic N) is 1. The largest absolute Gasteiger partial charge is 0.497 e. The molecule has 3 heteroatoms. The molecule has 0 saturated heterocycles. The van der Waals surface area contributed by atoms with E-state index in [4.69, 9.17) is 4.74 Å². The van der Waals surface area contributed by atoms with Gasteiger partial charge in [-0.05, 0) is 34.0 Å². The normalized spacial score (nSPS) is 10.6. The van der Waals surface area contributed by atoms with Crippen molar-refractivity contribution < 1.29 is 9.53 Å². The Kier molecular flexibility index (Phi) is 4.80. The van der Waals surface area contributed by atoms with E-state index >= 15 is 0 Å². The lowest BCUT2D eigenvalue weighted by atomic mass is 10.0. The molecular weight excluding hydrogens is 298 g/mol. The van der Waals surface area contributed by atoms with Crippen molar-refractivity contribution in [3.63, 3.8) is 0 Å². The second-order valence-electron chi connectivity index (χ2n) is 5.91. The van der Waals surface area contributed by atoms with Gasteiger partial charge >= 0.3 is 0 Å². The maximum absolute atomic E-state index is 12.6. The SMILES string of the molecule is COc1ccc(CN(C)C(=O)Cc2cccc3ccccc23)cc1. The second-order valence-corrected chi connectivity index (χ2v) is 5.91. The number of likely N-dealkylation sites (N-methyl/N-ethyl adjacent to an activating group) is 1. The molecule has 3 aromatic rings. The molecule has 0 N–H and O–H groups in total. The summed E-state index contributed by atoms with van der Waals surface area (Å²) in [6.07, 6.45) is 0.411. The van der Waals surface area contributed by atoms with Crippen molar-refractivity contribution in [1.29, 1.82) is 0 Å². The van der Waals surface area contributed by atoms with E-state index in [2.05, 4.69) is 18.2 Å². The zero-order valence-electron chi connectivity index (χ0n) is 14.0. The molecule has 0 bridgehead atoms. The zero-order chi connectivity index (χ0) is 16.9. The third kappa shape index (κ3) is 3.57. The van der Waals surface area contributed by atoms with Gasteiger partial charge < -0.3 is 9.64 Å². The molecule has 0 atom stereocenters. The van der Waals surface area contributed by atoms with Gasteiger partial charge in [-0.25, -0.2) is 0 Å². The van der Waals surface area contributed by atoms with Crippen LogP contribution in [0.2, 0.25) is 0 Å². The summed E-state index contributed by atoms with van der Waals surface area (Å²) in [6.45, 7) is 0.591. The van der Waals surface area contributed by atoms with Crippen LogP contribution >= 0.6 is 0 Å². The maximum Gasteiger partial charge on any atom is 0.227 e. The molecule has 0 aliphatic carbocycles. The summed E-state index contributed by atoms with van der Waals surface area (Å²) in [5, 5.41) is 2.31. The first-order chi connectivity index (χ1) is 11.7. The highest BCUT2D eigenvalue weighted by Crippen LogP contribution is 2.20. The number of rotatable bonds is 5. The topological polar surface area (TPSA) is 29.5 Å². The Balaban J connectivity index is 1.71. The van der Waals surface area contributed by atoms with Crippen molar-refractivity contribution in [1.82, 2.24) is 4.90 Å². The predicted molar refractivity (Wildman–Crippen MR) is 97.1 cm³/mol. The molecule has 3 rings (SSSR count). The summed E-state index contributed by atoms with van der Waals surface area (Å²) < 4.78 is 5.16. The van der Waals surface area contributed by atoms with Gasteiger partial charge in [0.15, 0.2) is 0 Å². The third-order valence-electron chi connectivity index (χ3n) is 4.23. The summed E-state index contributed by atoms with van der Waals surface area (Å²) in [6, 6.07) is 22.1. The summed E-state index contributed by atoms with van der Waals surface area (Å²) >= 11 is 0. The Hall–Kier alpha value is -2.81. The second kappa shape index (κ2) is 7.18. The first-order valence-electron chi connectivity index (χ1n) is 8.01. The van der Waals surface area contributed by atoms with Crippen molar-refractivity contribution in [2.75, 3.05) is 14.2 Å². The molecule has 0 aliphatic rings. The van der Waals surface area contributed by atoms with E-state index in [0.29, 0.717) is 13.0 Å². The molecular formula is C21H21NO2. The van der Waals surface area contributed by atoms with E-state index < -0.39 is 0 Å². The fourth-order valence-electron chi connectivity index (χ4n) is 2.84. The standard InChI is InChI=1S/C21H21NO2/c1-22(15-16-10-12-19(24-2)13-11-16)21(23)14-18-8-5-7-17-6-3-4-9-20(17)18/h3-13H,14-15H2,1-2H3. The summed E-state index contributed by atoms with van der Waals surface area (Å²) in [5.41, 5.74) is 2.16. The Morgan fingerprint density at radius 1 is 0.958 bits per heavy atom. The fourth-order valence-corrected chi connectivity index (χ4v) is 2.84. The molecule has 0 unspecified atom stereocenters. The third-order valence-corrected chi connectivity index (χ3v) is 4.23. The fraction of sp³-hybridized carbons (Fsp3) is 0.190. The number of hydrogen-bond donors (Lipinski definition) is 0. The van der Waals surface area contributed by atoms with Gasteiger partial charge in [-0.1, -0.05) is 54.6 Å². The van der Waals surface area contributed by atoms with Crippen LogP contribution in [0.25, 0.3) is 10.8 Å². The van der Waals surface area contributed by atoms with E-state index in [1.807, 2.05) is 55.6 Å². The summed E-state index contributed by atoms with van der Waals surface area (Å²) in [7, 11) is 3.49. The molecule has 0 aliphatic heterocycles. The van der Waals surface area contributed by atoms with Crippen molar-refractivity contribution in [3.05, 3.63) is 77.9 Å². The van der Waals surface area contributed by atoms with Gasteiger partial charge in [-0.15, -0.1) is 0 Å². The van der Waals surface area contributed by atoms with E-state index in [-0.39, 0.29) is 5.91 Å². The molecule has 1 amide bonds. The Labute approximate surface area is 142 Å². The molecule has 3 nitrogen and oxygen atoms in total. The van der Waals surface area contributed by atoms with E-state index in [1.165, 1.54) is 5.39 Å². The number of benzene rings is 3. The molecule has 122 valence electrons. The van der Waals surface area contributed by atoms with Gasteiger partial charge in [-0.2, -0.15) is 0 Å². The van der Waals surface area contributed by atoms with Crippen LogP contribution in [0.15, 0.2) is 66.7 Å². The van der Waals surface area contributed by atoms with E-state index in [9.17, 15) is 4.79 Å². The number of fused-ring (bicyclic) bond motifs is 1. The summed E-state index contributed by atoms with van der Waals surface area (Å²) in [4.78, 5) is 14.4. The predicted octanol–water partition coefficient (Wildman–Crippen LogP) is 4.05. The van der Waals surface area contributed by atoms with Gasteiger partial charge in [0.2, 0.25) is 5.91 Å². The molecule has 0 aromatic heterocycles. The number of amides is 1. The van der Waals surface area contributed by atoms with Crippen molar-refractivity contribution in [3.8, 4) is 5.75 Å². The lowest BCUT2D eigenvalue weighted by Crippen LogP contribution is -2.27. The van der Waals surface area contributed by atoms with Crippen LogP contribution in [0.5, 0.6) is 5.75 Å². The number of hydrogen-bond acceptors (Lipinski definition) is 2. The number of carbonyl (C=O) groups is 1. The minimum atomic E-state index is 0.113. The highest BCUT2D eigenvalue weighted by Gasteiger charge is 2.12. The van der Waals surface area contributed by atoms with Crippen LogP contribution in [0.3, 0.4) is 0 Å². The van der Waals surface area contributed by atoms with Gasteiger partial charge in [0, 0.05) is 13.6 Å². The zero-order valence-corrected chi connectivity index (χ0v) is 14.0. The molecule has 0 spiro atoms. The van der Waals surface area contributed by atoms with Crippen molar-refractivity contribution in [2.24, 2.45) is 0 Å². The van der Waals surface area contributed by atoms with E-state index in [0.717, 1.165) is 22.3 Å². The first-order valence-corrected chi connectivity index (χ1v) is 8.01. The van der Waals surface area contributed by atoms with Crippen LogP contribution in [-0.4, -0.2) is 25.0 Å². The van der Waals surface area contributed by atoms with Gasteiger partial charge in [-0.3, -0.25) is 4.79 Å². The highest BCUT2D eigenvalue weighted by atomic mass is 16.5. The quantitative estimate of drug-likeness (QED) is 0.710. The Bertz CT molecular complexity index is 835. The smallest absolute Gasteiger partial charge is 0.227 e. The van der Waals surface area contributed by atoms with Gasteiger partial charge in [0.25, 0.3) is 0 Å². The minimum Gasteiger partial charge on any atom is -0.497 e. The van der Waals surface area contributed by atoms with Crippen LogP contribution in [0.4, 0.5) is 0 Å². The maximum atomic E-state index is 12.6. The monoisotopic (exact) mass is 319 g/mol. The van der Waals surface area contributed by atoms with Gasteiger partial charge in [0.05, 0.1) is 13.5 Å². The number of ether oxygens (including phenoxy) is 1. The van der Waals surface area contributed by atoms with Crippen molar-refractivity contribution >= 4 is 16.7 Å². The Morgan fingerprint density at radius 2 is 1.67 bits per heavy atom. The lowest BCUT2D eigenvalue weighted by Gasteiger charge is -2.18. The first kappa shape index (κ1) is 16.1. The number of methoxy groups -OCH3 is 1. The lowest BCUT2D eigenvalue weighted by molar-refractivity contribution is -0.129.